The van der Waals surface area contributed by atoms with Crippen LogP contribution in [-0.4, -0.2) is 45.1 Å². The predicted octanol–water partition coefficient (Wildman–Crippen LogP) is 4.06. The summed E-state index contributed by atoms with van der Waals surface area (Å²) < 4.78 is 6.35. The van der Waals surface area contributed by atoms with Crippen molar-refractivity contribution in [3.8, 4) is 17.0 Å². The summed E-state index contributed by atoms with van der Waals surface area (Å²) in [5, 5.41) is 12.2. The van der Waals surface area contributed by atoms with Crippen LogP contribution in [0.25, 0.3) is 11.3 Å². The molecular weight excluding hydrogens is 547 g/mol. The van der Waals surface area contributed by atoms with Crippen molar-refractivity contribution in [2.24, 2.45) is 0 Å². The lowest BCUT2D eigenvalue weighted by Gasteiger charge is -2.19. The first-order chi connectivity index (χ1) is 15.4. The minimum absolute atomic E-state index is 0.0873. The van der Waals surface area contributed by atoms with E-state index < -0.39 is 18.1 Å². The Bertz CT molecular complexity index is 1150. The molecule has 2 heterocycles. The van der Waals surface area contributed by atoms with E-state index in [0.717, 1.165) is 9.13 Å². The first kappa shape index (κ1) is 22.6. The molecule has 3 amide bonds. The summed E-state index contributed by atoms with van der Waals surface area (Å²) in [7, 11) is 0. The summed E-state index contributed by atoms with van der Waals surface area (Å²) in [5.74, 6) is 0.686. The van der Waals surface area contributed by atoms with Gasteiger partial charge in [0, 0.05) is 9.13 Å². The van der Waals surface area contributed by atoms with Crippen LogP contribution in [0.3, 0.4) is 0 Å². The SMILES string of the molecule is C[C@@H](c1ncc(-c2ccc(I)cc2Cl)[nH]1)N1C(=O)NC(c2ccc(OCCO)cc2)C1=O. The fraction of sp³-hybridized carbons (Fsp3) is 0.227. The number of ether oxygens (including phenoxy) is 1. The van der Waals surface area contributed by atoms with Crippen LogP contribution in [0, 0.1) is 3.57 Å². The monoisotopic (exact) mass is 566 g/mol. The number of carbonyl (C=O) groups excluding carboxylic acids is 2. The van der Waals surface area contributed by atoms with Crippen LogP contribution in [-0.2, 0) is 4.79 Å². The number of amides is 3. The number of hydrogen-bond donors (Lipinski definition) is 3. The number of nitrogens with zero attached hydrogens (tertiary/aromatic N) is 2. The lowest BCUT2D eigenvalue weighted by molar-refractivity contribution is -0.129. The van der Waals surface area contributed by atoms with E-state index in [2.05, 4.69) is 37.9 Å². The zero-order valence-electron chi connectivity index (χ0n) is 17.0. The van der Waals surface area contributed by atoms with Crippen LogP contribution < -0.4 is 10.1 Å². The number of aromatic nitrogens is 2. The summed E-state index contributed by atoms with van der Waals surface area (Å²) in [6.45, 7) is 1.84. The molecule has 1 aliphatic rings. The van der Waals surface area contributed by atoms with Crippen LogP contribution >= 0.6 is 34.2 Å². The van der Waals surface area contributed by atoms with Gasteiger partial charge in [-0.05, 0) is 59.3 Å². The van der Waals surface area contributed by atoms with E-state index >= 15 is 0 Å². The number of rotatable bonds is 7. The first-order valence-electron chi connectivity index (χ1n) is 9.86. The van der Waals surface area contributed by atoms with Gasteiger partial charge in [-0.15, -0.1) is 0 Å². The number of nitrogens with one attached hydrogen (secondary N) is 2. The summed E-state index contributed by atoms with van der Waals surface area (Å²) in [6.07, 6.45) is 1.64. The summed E-state index contributed by atoms with van der Waals surface area (Å²) in [6, 6.07) is 10.6. The Labute approximate surface area is 203 Å². The number of aromatic amines is 1. The molecule has 2 atom stereocenters. The van der Waals surface area contributed by atoms with Crippen LogP contribution in [0.5, 0.6) is 5.75 Å². The van der Waals surface area contributed by atoms with Crippen molar-refractivity contribution in [3.63, 3.8) is 0 Å². The number of H-pyrrole nitrogens is 1. The Morgan fingerprint density at radius 1 is 1.25 bits per heavy atom. The highest BCUT2D eigenvalue weighted by Gasteiger charge is 2.42. The number of imidazole rings is 1. The van der Waals surface area contributed by atoms with Gasteiger partial charge in [-0.25, -0.2) is 9.78 Å². The number of halogens is 2. The Morgan fingerprint density at radius 2 is 2.00 bits per heavy atom. The lowest BCUT2D eigenvalue weighted by Crippen LogP contribution is -2.34. The first-order valence-corrected chi connectivity index (χ1v) is 11.3. The highest BCUT2D eigenvalue weighted by molar-refractivity contribution is 14.1. The Kier molecular flexibility index (Phi) is 6.68. The van der Waals surface area contributed by atoms with E-state index in [9.17, 15) is 9.59 Å². The molecule has 1 saturated heterocycles. The molecule has 3 N–H and O–H groups in total. The molecule has 4 rings (SSSR count). The smallest absolute Gasteiger partial charge is 0.325 e. The fourth-order valence-electron chi connectivity index (χ4n) is 3.52. The number of carbonyl (C=O) groups is 2. The molecule has 0 radical (unpaired) electrons. The predicted molar refractivity (Wildman–Crippen MR) is 127 cm³/mol. The molecule has 10 heteroatoms. The van der Waals surface area contributed by atoms with Gasteiger partial charge in [0.25, 0.3) is 5.91 Å². The number of urea groups is 1. The van der Waals surface area contributed by atoms with E-state index in [0.29, 0.717) is 27.9 Å². The van der Waals surface area contributed by atoms with E-state index in [1.165, 1.54) is 4.90 Å². The highest BCUT2D eigenvalue weighted by atomic mass is 127. The van der Waals surface area contributed by atoms with Crippen molar-refractivity contribution in [1.82, 2.24) is 20.2 Å². The quantitative estimate of drug-likeness (QED) is 0.295. The topological polar surface area (TPSA) is 108 Å². The molecule has 2 aromatic carbocycles. The maximum Gasteiger partial charge on any atom is 0.325 e. The second kappa shape index (κ2) is 9.47. The van der Waals surface area contributed by atoms with Crippen LogP contribution in [0.2, 0.25) is 5.02 Å². The van der Waals surface area contributed by atoms with Crippen molar-refractivity contribution in [2.45, 2.75) is 19.0 Å². The molecule has 3 aromatic rings. The van der Waals surface area contributed by atoms with Gasteiger partial charge >= 0.3 is 6.03 Å². The average Bonchev–Trinajstić information content (AvgIpc) is 3.37. The highest BCUT2D eigenvalue weighted by Crippen LogP contribution is 2.32. The van der Waals surface area contributed by atoms with Crippen molar-refractivity contribution in [1.29, 1.82) is 0 Å². The van der Waals surface area contributed by atoms with E-state index in [1.54, 1.807) is 37.4 Å². The van der Waals surface area contributed by atoms with E-state index in [-0.39, 0.29) is 19.1 Å². The van der Waals surface area contributed by atoms with Gasteiger partial charge in [0.1, 0.15) is 24.2 Å². The Morgan fingerprint density at radius 3 is 2.69 bits per heavy atom. The summed E-state index contributed by atoms with van der Waals surface area (Å²) >= 11 is 8.54. The molecule has 1 fully saturated rings. The zero-order valence-corrected chi connectivity index (χ0v) is 19.9. The molecule has 0 saturated carbocycles. The van der Waals surface area contributed by atoms with Crippen molar-refractivity contribution in [2.75, 3.05) is 13.2 Å². The van der Waals surface area contributed by atoms with Crippen molar-refractivity contribution in [3.05, 3.63) is 68.6 Å². The minimum Gasteiger partial charge on any atom is -0.491 e. The molecular formula is C22H20ClIN4O4. The Balaban J connectivity index is 1.52. The molecule has 32 heavy (non-hydrogen) atoms. The molecule has 1 aromatic heterocycles. The van der Waals surface area contributed by atoms with Gasteiger partial charge < -0.3 is 20.1 Å². The average molecular weight is 567 g/mol. The fourth-order valence-corrected chi connectivity index (χ4v) is 4.48. The second-order valence-electron chi connectivity index (χ2n) is 7.21. The summed E-state index contributed by atoms with van der Waals surface area (Å²) in [4.78, 5) is 34.4. The summed E-state index contributed by atoms with van der Waals surface area (Å²) in [5.41, 5.74) is 2.13. The van der Waals surface area contributed by atoms with Gasteiger partial charge in [0.15, 0.2) is 0 Å². The minimum atomic E-state index is -0.795. The third kappa shape index (κ3) is 4.45. The molecule has 0 spiro atoms. The van der Waals surface area contributed by atoms with Crippen LogP contribution in [0.15, 0.2) is 48.7 Å². The van der Waals surface area contributed by atoms with E-state index in [4.69, 9.17) is 21.4 Å². The number of benzene rings is 2. The van der Waals surface area contributed by atoms with Gasteiger partial charge in [-0.1, -0.05) is 29.8 Å². The molecule has 8 nitrogen and oxygen atoms in total. The number of hydrogen-bond acceptors (Lipinski definition) is 5. The molecule has 166 valence electrons. The van der Waals surface area contributed by atoms with Crippen LogP contribution in [0.1, 0.15) is 30.4 Å². The van der Waals surface area contributed by atoms with Gasteiger partial charge in [-0.3, -0.25) is 9.69 Å². The molecule has 1 unspecified atom stereocenters. The van der Waals surface area contributed by atoms with Gasteiger partial charge in [0.05, 0.1) is 29.6 Å². The van der Waals surface area contributed by atoms with Gasteiger partial charge in [-0.2, -0.15) is 0 Å². The third-order valence-electron chi connectivity index (χ3n) is 5.14. The Hall–Kier alpha value is -2.63. The molecule has 1 aliphatic heterocycles. The number of aliphatic hydroxyl groups excluding tert-OH is 1. The largest absolute Gasteiger partial charge is 0.491 e. The lowest BCUT2D eigenvalue weighted by atomic mass is 10.1. The van der Waals surface area contributed by atoms with Crippen molar-refractivity contribution >= 4 is 46.1 Å². The maximum absolute atomic E-state index is 13.1. The number of imide groups is 1. The number of aliphatic hydroxyl groups is 1. The molecule has 0 bridgehead atoms. The normalized spacial score (nSPS) is 16.9. The van der Waals surface area contributed by atoms with Crippen LogP contribution in [0.4, 0.5) is 4.79 Å². The molecule has 0 aliphatic carbocycles. The third-order valence-corrected chi connectivity index (χ3v) is 6.13. The van der Waals surface area contributed by atoms with E-state index in [1.807, 2.05) is 18.2 Å². The maximum atomic E-state index is 13.1. The van der Waals surface area contributed by atoms with Crippen molar-refractivity contribution < 1.29 is 19.4 Å². The van der Waals surface area contributed by atoms with Gasteiger partial charge in [0.2, 0.25) is 0 Å². The second-order valence-corrected chi connectivity index (χ2v) is 8.87. The zero-order chi connectivity index (χ0) is 22.8. The standard InChI is InChI=1S/C22H20ClIN4O4/c1-12(20-25-11-18(26-20)16-7-4-14(24)10-17(16)23)28-21(30)19(27-22(28)31)13-2-5-15(6-3-13)32-9-8-29/h2-7,10-12,19,29H,8-9H2,1H3,(H,25,26)(H,27,31)/t12-,19?/m0/s1.